The number of hydrogen-bond acceptors (Lipinski definition) is 4. The maximum absolute atomic E-state index is 14.0. The summed E-state index contributed by atoms with van der Waals surface area (Å²) in [6, 6.07) is 4.69. The van der Waals surface area contributed by atoms with Crippen LogP contribution in [-0.4, -0.2) is 36.3 Å². The third-order valence-corrected chi connectivity index (χ3v) is 5.88. The van der Waals surface area contributed by atoms with Crippen LogP contribution in [-0.2, 0) is 11.2 Å². The summed E-state index contributed by atoms with van der Waals surface area (Å²) in [5.41, 5.74) is -2.41. The van der Waals surface area contributed by atoms with Crippen LogP contribution in [0.5, 0.6) is 0 Å². The van der Waals surface area contributed by atoms with Crippen LogP contribution in [0.1, 0.15) is 62.9 Å². The molecular weight excluding hydrogens is 426 g/mol. The molecule has 2 N–H and O–H groups in total. The Kier molecular flexibility index (Phi) is 7.81. The Balaban J connectivity index is 2.33. The number of aliphatic hydroxyl groups is 1. The van der Waals surface area contributed by atoms with Gasteiger partial charge in [-0.15, -0.1) is 0 Å². The molecule has 178 valence electrons. The van der Waals surface area contributed by atoms with E-state index in [-0.39, 0.29) is 18.6 Å². The molecule has 1 aromatic rings. The maximum atomic E-state index is 14.0. The lowest BCUT2D eigenvalue weighted by Gasteiger charge is -2.39. The van der Waals surface area contributed by atoms with Gasteiger partial charge in [0.15, 0.2) is 11.4 Å². The van der Waals surface area contributed by atoms with Gasteiger partial charge in [0.1, 0.15) is 5.83 Å². The quantitative estimate of drug-likeness (QED) is 0.346. The van der Waals surface area contributed by atoms with Crippen LogP contribution in [0.25, 0.3) is 0 Å². The molecule has 4 nitrogen and oxygen atoms in total. The van der Waals surface area contributed by atoms with Gasteiger partial charge in [0.25, 0.3) is 0 Å². The number of carbonyl (C=O) groups excluding carboxylic acids is 1. The summed E-state index contributed by atoms with van der Waals surface area (Å²) < 4.78 is 61.2. The topological polar surface area (TPSA) is 58.6 Å². The lowest BCUT2D eigenvalue weighted by atomic mass is 9.72. The summed E-state index contributed by atoms with van der Waals surface area (Å²) >= 11 is 0. The zero-order valence-electron chi connectivity index (χ0n) is 19.1. The number of anilines is 1. The summed E-state index contributed by atoms with van der Waals surface area (Å²) in [5.74, 6) is -0.140. The number of ether oxygens (including phenoxy) is 1. The molecule has 1 aliphatic carbocycles. The number of Topliss-reactive ketones (excluding diaryl/α,β-unsaturated/α-hetero) is 1. The first-order valence-electron chi connectivity index (χ1n) is 10.5. The van der Waals surface area contributed by atoms with Crippen LogP contribution < -0.4 is 5.32 Å². The van der Waals surface area contributed by atoms with Crippen molar-refractivity contribution in [3.8, 4) is 0 Å². The minimum Gasteiger partial charge on any atom is -0.501 e. The molecule has 0 aliphatic heterocycles. The van der Waals surface area contributed by atoms with E-state index in [1.165, 1.54) is 40.0 Å². The molecule has 0 saturated heterocycles. The number of methoxy groups -OCH3 is 1. The first-order valence-corrected chi connectivity index (χ1v) is 10.5. The molecule has 1 unspecified atom stereocenters. The van der Waals surface area contributed by atoms with Crippen molar-refractivity contribution in [3.63, 3.8) is 0 Å². The fraction of sp³-hybridized carbons (Fsp3) is 0.542. The molecule has 0 amide bonds. The van der Waals surface area contributed by atoms with Gasteiger partial charge < -0.3 is 15.2 Å². The summed E-state index contributed by atoms with van der Waals surface area (Å²) in [4.78, 5) is 11.7. The van der Waals surface area contributed by atoms with E-state index >= 15 is 0 Å². The van der Waals surface area contributed by atoms with Crippen LogP contribution in [0.15, 0.2) is 41.4 Å². The van der Waals surface area contributed by atoms with Crippen LogP contribution in [0.2, 0.25) is 0 Å². The monoisotopic (exact) mass is 457 g/mol. The van der Waals surface area contributed by atoms with E-state index in [2.05, 4.69) is 5.32 Å². The number of ketones is 1. The van der Waals surface area contributed by atoms with E-state index in [0.717, 1.165) is 0 Å². The first kappa shape index (κ1) is 25.9. The number of benzene rings is 1. The molecule has 1 aromatic carbocycles. The molecule has 1 atom stereocenters. The van der Waals surface area contributed by atoms with Gasteiger partial charge in [-0.05, 0) is 60.6 Å². The molecule has 0 aromatic heterocycles. The Morgan fingerprint density at radius 2 is 1.88 bits per heavy atom. The Labute approximate surface area is 186 Å². The molecule has 0 saturated carbocycles. The Morgan fingerprint density at radius 1 is 1.22 bits per heavy atom. The second kappa shape index (κ2) is 9.65. The number of carbonyl (C=O) groups is 1. The van der Waals surface area contributed by atoms with Gasteiger partial charge in [-0.2, -0.15) is 13.2 Å². The highest BCUT2D eigenvalue weighted by Crippen LogP contribution is 2.46. The molecule has 0 bridgehead atoms. The van der Waals surface area contributed by atoms with Crippen LogP contribution in [0.4, 0.5) is 23.2 Å². The van der Waals surface area contributed by atoms with Crippen LogP contribution in [0.3, 0.4) is 0 Å². The van der Waals surface area contributed by atoms with Gasteiger partial charge in [-0.3, -0.25) is 4.79 Å². The van der Waals surface area contributed by atoms with Crippen molar-refractivity contribution in [2.24, 2.45) is 5.41 Å². The van der Waals surface area contributed by atoms with E-state index in [9.17, 15) is 27.5 Å². The van der Waals surface area contributed by atoms with Gasteiger partial charge in [-0.1, -0.05) is 20.8 Å². The molecule has 0 spiro atoms. The number of halogens is 4. The first-order chi connectivity index (χ1) is 14.7. The summed E-state index contributed by atoms with van der Waals surface area (Å²) in [7, 11) is 1.40. The summed E-state index contributed by atoms with van der Waals surface area (Å²) in [5, 5.41) is 13.4. The van der Waals surface area contributed by atoms with Crippen molar-refractivity contribution in [2.45, 2.75) is 65.2 Å². The van der Waals surface area contributed by atoms with Crippen LogP contribution in [0, 0.1) is 5.41 Å². The predicted molar refractivity (Wildman–Crippen MR) is 116 cm³/mol. The fourth-order valence-corrected chi connectivity index (χ4v) is 4.14. The van der Waals surface area contributed by atoms with E-state index in [1.54, 1.807) is 12.1 Å². The Bertz CT molecular complexity index is 918. The van der Waals surface area contributed by atoms with E-state index in [0.29, 0.717) is 34.6 Å². The van der Waals surface area contributed by atoms with Gasteiger partial charge in [-0.25, -0.2) is 4.39 Å². The summed E-state index contributed by atoms with van der Waals surface area (Å²) in [6.45, 7) is 5.54. The minimum atomic E-state index is -4.94. The third-order valence-electron chi connectivity index (χ3n) is 5.88. The highest BCUT2D eigenvalue weighted by atomic mass is 19.4. The predicted octanol–water partition coefficient (Wildman–Crippen LogP) is 6.12. The van der Waals surface area contributed by atoms with Gasteiger partial charge in [0.2, 0.25) is 0 Å². The number of nitrogens with one attached hydrogen (secondary N) is 1. The molecule has 32 heavy (non-hydrogen) atoms. The molecule has 8 heteroatoms. The number of aryl methyl sites for hydroxylation is 1. The second-order valence-corrected chi connectivity index (χ2v) is 8.86. The number of allylic oxidation sites excluding steroid dienone is 4. The maximum Gasteiger partial charge on any atom is 0.418 e. The lowest BCUT2D eigenvalue weighted by molar-refractivity contribution is -0.262. The molecule has 0 heterocycles. The normalized spacial score (nSPS) is 17.0. The van der Waals surface area contributed by atoms with Crippen molar-refractivity contribution in [3.05, 3.63) is 52.6 Å². The van der Waals surface area contributed by atoms with Crippen molar-refractivity contribution in [1.29, 1.82) is 0 Å². The van der Waals surface area contributed by atoms with Gasteiger partial charge >= 0.3 is 6.18 Å². The van der Waals surface area contributed by atoms with Crippen molar-refractivity contribution >= 4 is 11.5 Å². The molecule has 1 aliphatic rings. The van der Waals surface area contributed by atoms with Crippen molar-refractivity contribution in [1.82, 2.24) is 0 Å². The minimum absolute atomic E-state index is 0.128. The molecule has 0 fully saturated rings. The number of rotatable bonds is 9. The lowest BCUT2D eigenvalue weighted by Crippen LogP contribution is -2.53. The fourth-order valence-electron chi connectivity index (χ4n) is 4.14. The second-order valence-electron chi connectivity index (χ2n) is 8.86. The Hall–Kier alpha value is -2.35. The SMILES string of the molecule is CCc1cc(NCC(O)(CC(C)(C)C2=C(OC)CCC(F)=C2)C(F)(F)F)ccc1C(C)=O. The number of alkyl halides is 3. The smallest absolute Gasteiger partial charge is 0.418 e. The molecule has 0 radical (unpaired) electrons. The standard InChI is InChI=1S/C24H31F4NO3/c1-6-16-11-18(8-9-19(16)15(2)30)29-14-23(31,24(26,27)28)13-22(3,4)20-12-17(25)7-10-21(20)32-5/h8-9,11-12,29,31H,6-7,10,13-14H2,1-5H3. The highest BCUT2D eigenvalue weighted by molar-refractivity contribution is 5.96. The zero-order valence-corrected chi connectivity index (χ0v) is 19.1. The van der Waals surface area contributed by atoms with Crippen LogP contribution >= 0.6 is 0 Å². The van der Waals surface area contributed by atoms with E-state index in [1.807, 2.05) is 6.92 Å². The van der Waals surface area contributed by atoms with Gasteiger partial charge in [0, 0.05) is 24.1 Å². The average molecular weight is 458 g/mol. The largest absolute Gasteiger partial charge is 0.501 e. The molecular formula is C24H31F4NO3. The van der Waals surface area contributed by atoms with Crippen molar-refractivity contribution in [2.75, 3.05) is 19.0 Å². The zero-order chi connectivity index (χ0) is 24.3. The number of hydrogen-bond donors (Lipinski definition) is 2. The highest BCUT2D eigenvalue weighted by Gasteiger charge is 2.56. The third kappa shape index (κ3) is 5.71. The summed E-state index contributed by atoms with van der Waals surface area (Å²) in [6.07, 6.45) is -3.51. The van der Waals surface area contributed by atoms with Crippen molar-refractivity contribution < 1.29 is 32.2 Å². The van der Waals surface area contributed by atoms with E-state index < -0.39 is 36.0 Å². The van der Waals surface area contributed by atoms with E-state index in [4.69, 9.17) is 4.74 Å². The molecule has 2 rings (SSSR count). The van der Waals surface area contributed by atoms with Gasteiger partial charge in [0.05, 0.1) is 19.4 Å². The average Bonchev–Trinajstić information content (AvgIpc) is 2.70. The Morgan fingerprint density at radius 3 is 2.41 bits per heavy atom.